The smallest absolute Gasteiger partial charge is 0.265 e. The van der Waals surface area contributed by atoms with Crippen molar-refractivity contribution in [2.45, 2.75) is 18.7 Å². The van der Waals surface area contributed by atoms with E-state index in [2.05, 4.69) is 26.0 Å². The molecule has 3 aromatic rings. The number of hydrogen-bond acceptors (Lipinski definition) is 5. The maximum Gasteiger partial charge on any atom is 0.265 e. The Hall–Kier alpha value is -2.36. The van der Waals surface area contributed by atoms with Gasteiger partial charge >= 0.3 is 0 Å². The van der Waals surface area contributed by atoms with Gasteiger partial charge in [-0.3, -0.25) is 9.52 Å². The van der Waals surface area contributed by atoms with Crippen LogP contribution in [0.2, 0.25) is 0 Å². The number of carbonyl (C=O) groups excluding carboxylic acids is 1. The standard InChI is InChI=1S/C20H19BrN2O4S2/c1-12-4-7-15(21)16(10-12)23-29(25,26)19-11-14(6-8-17(19)27-3)22-20(24)18-9-5-13(2)28-18/h4-11,23H,1-3H3,(H,22,24). The molecule has 2 aromatic carbocycles. The van der Waals surface area contributed by atoms with Crippen molar-refractivity contribution >= 4 is 54.6 Å². The summed E-state index contributed by atoms with van der Waals surface area (Å²) < 4.78 is 34.5. The quantitative estimate of drug-likeness (QED) is 0.493. The van der Waals surface area contributed by atoms with E-state index in [1.165, 1.54) is 30.6 Å². The van der Waals surface area contributed by atoms with Crippen LogP contribution in [0.1, 0.15) is 20.1 Å². The van der Waals surface area contributed by atoms with Crippen LogP contribution in [0, 0.1) is 13.8 Å². The van der Waals surface area contributed by atoms with Gasteiger partial charge in [-0.05, 0) is 77.8 Å². The molecular formula is C20H19BrN2O4S2. The second kappa shape index (κ2) is 8.56. The van der Waals surface area contributed by atoms with Crippen molar-refractivity contribution in [3.05, 3.63) is 68.3 Å². The van der Waals surface area contributed by atoms with Gasteiger partial charge in [0.2, 0.25) is 0 Å². The lowest BCUT2D eigenvalue weighted by atomic mass is 10.2. The van der Waals surface area contributed by atoms with E-state index < -0.39 is 10.0 Å². The predicted molar refractivity (Wildman–Crippen MR) is 120 cm³/mol. The molecule has 0 saturated heterocycles. The number of carbonyl (C=O) groups is 1. The molecule has 2 N–H and O–H groups in total. The summed E-state index contributed by atoms with van der Waals surface area (Å²) in [6.07, 6.45) is 0. The van der Waals surface area contributed by atoms with Crippen molar-refractivity contribution in [3.63, 3.8) is 0 Å². The Bertz CT molecular complexity index is 1170. The number of hydrogen-bond donors (Lipinski definition) is 2. The van der Waals surface area contributed by atoms with Crippen LogP contribution < -0.4 is 14.8 Å². The van der Waals surface area contributed by atoms with E-state index in [1.54, 1.807) is 24.3 Å². The van der Waals surface area contributed by atoms with Crippen LogP contribution in [0.5, 0.6) is 5.75 Å². The second-order valence-corrected chi connectivity index (χ2v) is 10.1. The molecule has 29 heavy (non-hydrogen) atoms. The average molecular weight is 495 g/mol. The summed E-state index contributed by atoms with van der Waals surface area (Å²) in [5.41, 5.74) is 1.67. The van der Waals surface area contributed by atoms with Crippen LogP contribution >= 0.6 is 27.3 Å². The van der Waals surface area contributed by atoms with Crippen molar-refractivity contribution in [2.24, 2.45) is 0 Å². The number of thiophene rings is 1. The van der Waals surface area contributed by atoms with E-state index in [0.29, 0.717) is 20.7 Å². The first kappa shape index (κ1) is 21.4. The maximum absolute atomic E-state index is 13.0. The Morgan fingerprint density at radius 1 is 1.07 bits per heavy atom. The molecule has 0 atom stereocenters. The molecule has 0 fully saturated rings. The molecule has 0 aliphatic carbocycles. The van der Waals surface area contributed by atoms with Gasteiger partial charge in [0, 0.05) is 15.0 Å². The van der Waals surface area contributed by atoms with E-state index in [1.807, 2.05) is 26.0 Å². The van der Waals surface area contributed by atoms with Gasteiger partial charge in [-0.25, -0.2) is 8.42 Å². The number of ether oxygens (including phenoxy) is 1. The van der Waals surface area contributed by atoms with Gasteiger partial charge in [-0.2, -0.15) is 0 Å². The number of anilines is 2. The molecule has 6 nitrogen and oxygen atoms in total. The van der Waals surface area contributed by atoms with Crippen molar-refractivity contribution in [2.75, 3.05) is 17.1 Å². The van der Waals surface area contributed by atoms with Gasteiger partial charge < -0.3 is 10.1 Å². The first-order valence-electron chi connectivity index (χ1n) is 8.54. The summed E-state index contributed by atoms with van der Waals surface area (Å²) in [7, 11) is -2.58. The van der Waals surface area contributed by atoms with E-state index in [-0.39, 0.29) is 16.6 Å². The van der Waals surface area contributed by atoms with Gasteiger partial charge in [-0.15, -0.1) is 11.3 Å². The Morgan fingerprint density at radius 3 is 2.48 bits per heavy atom. The largest absolute Gasteiger partial charge is 0.495 e. The molecular weight excluding hydrogens is 476 g/mol. The van der Waals surface area contributed by atoms with Crippen LogP contribution in [0.3, 0.4) is 0 Å². The molecule has 0 bridgehead atoms. The number of methoxy groups -OCH3 is 1. The molecule has 1 heterocycles. The van der Waals surface area contributed by atoms with E-state index in [4.69, 9.17) is 4.74 Å². The molecule has 1 amide bonds. The number of nitrogens with one attached hydrogen (secondary N) is 2. The summed E-state index contributed by atoms with van der Waals surface area (Å²) in [5, 5.41) is 2.73. The van der Waals surface area contributed by atoms with E-state index in [9.17, 15) is 13.2 Å². The summed E-state index contributed by atoms with van der Waals surface area (Å²) >= 11 is 4.72. The third-order valence-corrected chi connectivity index (χ3v) is 7.12. The molecule has 1 aromatic heterocycles. The molecule has 152 valence electrons. The Morgan fingerprint density at radius 2 is 1.83 bits per heavy atom. The Balaban J connectivity index is 1.93. The maximum atomic E-state index is 13.0. The average Bonchev–Trinajstić information content (AvgIpc) is 3.11. The lowest BCUT2D eigenvalue weighted by molar-refractivity contribution is 0.103. The second-order valence-electron chi connectivity index (χ2n) is 6.32. The van der Waals surface area contributed by atoms with Crippen molar-refractivity contribution in [1.82, 2.24) is 0 Å². The molecule has 0 aliphatic rings. The van der Waals surface area contributed by atoms with Crippen molar-refractivity contribution in [1.29, 1.82) is 0 Å². The Labute approximate surface area is 182 Å². The number of rotatable bonds is 6. The summed E-state index contributed by atoms with van der Waals surface area (Å²) in [6.45, 7) is 3.78. The van der Waals surface area contributed by atoms with Crippen molar-refractivity contribution < 1.29 is 17.9 Å². The lowest BCUT2D eigenvalue weighted by Gasteiger charge is -2.14. The first-order valence-corrected chi connectivity index (χ1v) is 11.6. The monoisotopic (exact) mass is 494 g/mol. The van der Waals surface area contributed by atoms with Gasteiger partial charge in [0.15, 0.2) is 0 Å². The SMILES string of the molecule is COc1ccc(NC(=O)c2ccc(C)s2)cc1S(=O)(=O)Nc1cc(C)ccc1Br. The van der Waals surface area contributed by atoms with Gasteiger partial charge in [0.1, 0.15) is 10.6 Å². The minimum Gasteiger partial charge on any atom is -0.495 e. The zero-order valence-corrected chi connectivity index (χ0v) is 19.2. The highest BCUT2D eigenvalue weighted by Gasteiger charge is 2.22. The highest BCUT2D eigenvalue weighted by atomic mass is 79.9. The van der Waals surface area contributed by atoms with Crippen LogP contribution in [0.25, 0.3) is 0 Å². The highest BCUT2D eigenvalue weighted by Crippen LogP contribution is 2.31. The molecule has 0 radical (unpaired) electrons. The fourth-order valence-electron chi connectivity index (χ4n) is 2.63. The van der Waals surface area contributed by atoms with Gasteiger partial charge in [0.25, 0.3) is 15.9 Å². The molecule has 9 heteroatoms. The van der Waals surface area contributed by atoms with Crippen molar-refractivity contribution in [3.8, 4) is 5.75 Å². The normalized spacial score (nSPS) is 11.2. The molecule has 0 saturated carbocycles. The summed E-state index contributed by atoms with van der Waals surface area (Å²) in [4.78, 5) is 13.9. The number of halogens is 1. The highest BCUT2D eigenvalue weighted by molar-refractivity contribution is 9.10. The van der Waals surface area contributed by atoms with Crippen LogP contribution in [-0.2, 0) is 10.0 Å². The number of amides is 1. The fraction of sp³-hybridized carbons (Fsp3) is 0.150. The fourth-order valence-corrected chi connectivity index (χ4v) is 5.14. The Kier molecular flexibility index (Phi) is 6.30. The topological polar surface area (TPSA) is 84.5 Å². The molecule has 0 aliphatic heterocycles. The minimum absolute atomic E-state index is 0.0754. The minimum atomic E-state index is -3.97. The van der Waals surface area contributed by atoms with Gasteiger partial charge in [0.05, 0.1) is 17.7 Å². The molecule has 3 rings (SSSR count). The number of sulfonamides is 1. The summed E-state index contributed by atoms with van der Waals surface area (Å²) in [6, 6.07) is 13.4. The first-order chi connectivity index (χ1) is 13.7. The zero-order valence-electron chi connectivity index (χ0n) is 15.9. The third kappa shape index (κ3) is 4.98. The van der Waals surface area contributed by atoms with Gasteiger partial charge in [-0.1, -0.05) is 6.07 Å². The summed E-state index contributed by atoms with van der Waals surface area (Å²) in [5.74, 6) is -0.128. The zero-order chi connectivity index (χ0) is 21.2. The predicted octanol–water partition coefficient (Wildman–Crippen LogP) is 5.19. The lowest BCUT2D eigenvalue weighted by Crippen LogP contribution is -2.16. The van der Waals surface area contributed by atoms with Crippen LogP contribution in [-0.4, -0.2) is 21.4 Å². The van der Waals surface area contributed by atoms with Crippen LogP contribution in [0.4, 0.5) is 11.4 Å². The van der Waals surface area contributed by atoms with Crippen LogP contribution in [0.15, 0.2) is 57.9 Å². The third-order valence-electron chi connectivity index (χ3n) is 4.04. The number of aryl methyl sites for hydroxylation is 2. The van der Waals surface area contributed by atoms with E-state index in [0.717, 1.165) is 10.4 Å². The number of benzene rings is 2. The molecule has 0 spiro atoms. The molecule has 0 unspecified atom stereocenters. The van der Waals surface area contributed by atoms with E-state index >= 15 is 0 Å².